The molecule has 0 amide bonds. The monoisotopic (exact) mass is 205 g/mol. The van der Waals surface area contributed by atoms with Crippen molar-refractivity contribution in [1.82, 2.24) is 4.98 Å². The third kappa shape index (κ3) is 1.12. The maximum atomic E-state index is 5.24. The molecule has 0 atom stereocenters. The van der Waals surface area contributed by atoms with Crippen molar-refractivity contribution in [3.8, 4) is 5.88 Å². The van der Waals surface area contributed by atoms with Crippen molar-refractivity contribution in [2.45, 2.75) is 18.8 Å². The van der Waals surface area contributed by atoms with Crippen LogP contribution in [0, 0.1) is 0 Å². The molecule has 0 aromatic carbocycles. The zero-order valence-electron chi connectivity index (χ0n) is 7.99. The Morgan fingerprint density at radius 2 is 2.36 bits per heavy atom. The van der Waals surface area contributed by atoms with Gasteiger partial charge in [0.25, 0.3) is 0 Å². The van der Waals surface area contributed by atoms with Crippen molar-refractivity contribution in [1.29, 1.82) is 0 Å². The predicted octanol–water partition coefficient (Wildman–Crippen LogP) is 3.18. The normalized spacial score (nSPS) is 16.1. The van der Waals surface area contributed by atoms with Crippen LogP contribution in [0.15, 0.2) is 17.6 Å². The number of nitrogens with zero attached hydrogens (tertiary/aromatic N) is 1. The molecule has 1 aliphatic carbocycles. The summed E-state index contributed by atoms with van der Waals surface area (Å²) in [5.74, 6) is 1.52. The SMILES string of the molecule is COc1ncc(C2CC2)c2ccsc12. The third-order valence-corrected chi connectivity index (χ3v) is 3.60. The number of thiophene rings is 1. The van der Waals surface area contributed by atoms with Crippen LogP contribution in [0.5, 0.6) is 5.88 Å². The molecule has 1 saturated carbocycles. The van der Waals surface area contributed by atoms with E-state index < -0.39 is 0 Å². The van der Waals surface area contributed by atoms with Crippen LogP contribution in [0.3, 0.4) is 0 Å². The van der Waals surface area contributed by atoms with E-state index in [1.807, 2.05) is 6.20 Å². The second kappa shape index (κ2) is 2.95. The Morgan fingerprint density at radius 1 is 1.50 bits per heavy atom. The molecule has 1 fully saturated rings. The lowest BCUT2D eigenvalue weighted by molar-refractivity contribution is 0.404. The predicted molar refractivity (Wildman–Crippen MR) is 58.1 cm³/mol. The summed E-state index contributed by atoms with van der Waals surface area (Å²) in [4.78, 5) is 4.35. The van der Waals surface area contributed by atoms with Crippen LogP contribution in [-0.4, -0.2) is 12.1 Å². The Balaban J connectivity index is 2.27. The number of methoxy groups -OCH3 is 1. The molecule has 2 aromatic heterocycles. The minimum Gasteiger partial charge on any atom is -0.480 e. The molecule has 0 unspecified atom stereocenters. The third-order valence-electron chi connectivity index (χ3n) is 2.70. The van der Waals surface area contributed by atoms with Gasteiger partial charge in [0, 0.05) is 11.6 Å². The Kier molecular flexibility index (Phi) is 1.74. The van der Waals surface area contributed by atoms with Crippen LogP contribution >= 0.6 is 11.3 Å². The number of pyridine rings is 1. The number of aromatic nitrogens is 1. The molecule has 2 aromatic rings. The zero-order valence-corrected chi connectivity index (χ0v) is 8.80. The first-order valence-corrected chi connectivity index (χ1v) is 5.68. The van der Waals surface area contributed by atoms with Crippen molar-refractivity contribution in [2.24, 2.45) is 0 Å². The van der Waals surface area contributed by atoms with E-state index in [-0.39, 0.29) is 0 Å². The lowest BCUT2D eigenvalue weighted by atomic mass is 10.1. The first-order valence-electron chi connectivity index (χ1n) is 4.80. The summed E-state index contributed by atoms with van der Waals surface area (Å²) in [6.45, 7) is 0. The molecular weight excluding hydrogens is 194 g/mol. The van der Waals surface area contributed by atoms with Gasteiger partial charge in [0.2, 0.25) is 5.88 Å². The number of hydrogen-bond donors (Lipinski definition) is 0. The number of rotatable bonds is 2. The van der Waals surface area contributed by atoms with Gasteiger partial charge in [0.05, 0.1) is 11.8 Å². The van der Waals surface area contributed by atoms with E-state index in [9.17, 15) is 0 Å². The molecule has 0 saturated heterocycles. The highest BCUT2D eigenvalue weighted by Gasteiger charge is 2.26. The van der Waals surface area contributed by atoms with Gasteiger partial charge in [0.15, 0.2) is 0 Å². The van der Waals surface area contributed by atoms with Crippen LogP contribution in [0.2, 0.25) is 0 Å². The summed E-state index contributed by atoms with van der Waals surface area (Å²) in [5, 5.41) is 3.45. The fourth-order valence-corrected chi connectivity index (χ4v) is 2.71. The molecule has 3 heteroatoms. The summed E-state index contributed by atoms with van der Waals surface area (Å²) in [5.41, 5.74) is 1.40. The van der Waals surface area contributed by atoms with Gasteiger partial charge in [-0.15, -0.1) is 11.3 Å². The molecule has 2 nitrogen and oxygen atoms in total. The van der Waals surface area contributed by atoms with Gasteiger partial charge in [-0.25, -0.2) is 4.98 Å². The number of ether oxygens (including phenoxy) is 1. The summed E-state index contributed by atoms with van der Waals surface area (Å²) in [7, 11) is 1.68. The molecule has 3 rings (SSSR count). The van der Waals surface area contributed by atoms with Crippen LogP contribution in [0.25, 0.3) is 10.1 Å². The average Bonchev–Trinajstić information content (AvgIpc) is 2.93. The smallest absolute Gasteiger partial charge is 0.231 e. The summed E-state index contributed by atoms with van der Waals surface area (Å²) < 4.78 is 6.43. The van der Waals surface area contributed by atoms with Crippen LogP contribution in [-0.2, 0) is 0 Å². The fraction of sp³-hybridized carbons (Fsp3) is 0.364. The van der Waals surface area contributed by atoms with Crippen molar-refractivity contribution in [2.75, 3.05) is 7.11 Å². The van der Waals surface area contributed by atoms with Crippen molar-refractivity contribution < 1.29 is 4.74 Å². The van der Waals surface area contributed by atoms with Crippen LogP contribution in [0.4, 0.5) is 0 Å². The lowest BCUT2D eigenvalue weighted by Gasteiger charge is -2.04. The molecule has 0 spiro atoms. The molecule has 0 N–H and O–H groups in total. The molecule has 1 aliphatic rings. The Labute approximate surface area is 86.5 Å². The molecule has 0 radical (unpaired) electrons. The van der Waals surface area contributed by atoms with E-state index in [1.54, 1.807) is 18.4 Å². The van der Waals surface area contributed by atoms with Gasteiger partial charge in [0.1, 0.15) is 0 Å². The van der Waals surface area contributed by atoms with E-state index in [0.717, 1.165) is 11.8 Å². The number of fused-ring (bicyclic) bond motifs is 1. The summed E-state index contributed by atoms with van der Waals surface area (Å²) in [6, 6.07) is 2.18. The van der Waals surface area contributed by atoms with Gasteiger partial charge in [-0.3, -0.25) is 0 Å². The van der Waals surface area contributed by atoms with Gasteiger partial charge in [-0.1, -0.05) is 0 Å². The Morgan fingerprint density at radius 3 is 3.07 bits per heavy atom. The second-order valence-corrected chi connectivity index (χ2v) is 4.58. The van der Waals surface area contributed by atoms with Crippen LogP contribution < -0.4 is 4.74 Å². The van der Waals surface area contributed by atoms with E-state index in [0.29, 0.717) is 0 Å². The van der Waals surface area contributed by atoms with E-state index in [1.165, 1.54) is 28.5 Å². The second-order valence-electron chi connectivity index (χ2n) is 3.66. The minimum absolute atomic E-state index is 0.755. The Hall–Kier alpha value is -1.09. The fourth-order valence-electron chi connectivity index (χ4n) is 1.82. The topological polar surface area (TPSA) is 22.1 Å². The molecule has 2 heterocycles. The van der Waals surface area contributed by atoms with Gasteiger partial charge >= 0.3 is 0 Å². The zero-order chi connectivity index (χ0) is 9.54. The van der Waals surface area contributed by atoms with Crippen molar-refractivity contribution in [3.05, 3.63) is 23.2 Å². The maximum absolute atomic E-state index is 5.24. The highest BCUT2D eigenvalue weighted by Crippen LogP contribution is 2.45. The lowest BCUT2D eigenvalue weighted by Crippen LogP contribution is -1.90. The maximum Gasteiger partial charge on any atom is 0.231 e. The van der Waals surface area contributed by atoms with E-state index in [2.05, 4.69) is 16.4 Å². The Bertz CT molecular complexity index is 473. The van der Waals surface area contributed by atoms with Gasteiger partial charge in [-0.05, 0) is 35.8 Å². The van der Waals surface area contributed by atoms with Gasteiger partial charge < -0.3 is 4.74 Å². The first-order chi connectivity index (χ1) is 6.90. The highest BCUT2D eigenvalue weighted by atomic mass is 32.1. The largest absolute Gasteiger partial charge is 0.480 e. The first kappa shape index (κ1) is 8.24. The minimum atomic E-state index is 0.755. The van der Waals surface area contributed by atoms with E-state index in [4.69, 9.17) is 4.74 Å². The molecule has 0 bridgehead atoms. The average molecular weight is 205 g/mol. The standard InChI is InChI=1S/C11H11NOS/c1-13-11-10-8(4-5-14-10)9(6-12-11)7-2-3-7/h4-7H,2-3H2,1H3. The van der Waals surface area contributed by atoms with Crippen LogP contribution in [0.1, 0.15) is 24.3 Å². The summed E-state index contributed by atoms with van der Waals surface area (Å²) in [6.07, 6.45) is 4.61. The molecular formula is C11H11NOS. The molecule has 72 valence electrons. The number of hydrogen-bond acceptors (Lipinski definition) is 3. The molecule has 0 aliphatic heterocycles. The quantitative estimate of drug-likeness (QED) is 0.751. The highest BCUT2D eigenvalue weighted by molar-refractivity contribution is 7.17. The van der Waals surface area contributed by atoms with Crippen molar-refractivity contribution >= 4 is 21.4 Å². The van der Waals surface area contributed by atoms with Crippen molar-refractivity contribution in [3.63, 3.8) is 0 Å². The van der Waals surface area contributed by atoms with E-state index >= 15 is 0 Å². The molecule has 14 heavy (non-hydrogen) atoms. The summed E-state index contributed by atoms with van der Waals surface area (Å²) >= 11 is 1.71. The van der Waals surface area contributed by atoms with Gasteiger partial charge in [-0.2, -0.15) is 0 Å².